The lowest BCUT2D eigenvalue weighted by atomic mass is 10.2. The quantitative estimate of drug-likeness (QED) is 0.512. The van der Waals surface area contributed by atoms with Gasteiger partial charge in [-0.25, -0.2) is 4.79 Å². The minimum atomic E-state index is -0.407. The second-order valence-electron chi connectivity index (χ2n) is 4.07. The largest absolute Gasteiger partial charge is 0.453 e. The Kier molecular flexibility index (Phi) is 3.24. The number of hydrogen-bond donors (Lipinski definition) is 2. The molecule has 0 aliphatic carbocycles. The molecule has 20 heavy (non-hydrogen) atoms. The number of oxazole rings is 1. The van der Waals surface area contributed by atoms with Gasteiger partial charge in [0.2, 0.25) is 0 Å². The molecule has 0 bridgehead atoms. The Morgan fingerprint density at radius 2 is 1.45 bits per heavy atom. The van der Waals surface area contributed by atoms with Gasteiger partial charge in [0.25, 0.3) is 0 Å². The molecule has 0 radical (unpaired) electrons. The summed E-state index contributed by atoms with van der Waals surface area (Å²) in [7, 11) is 0. The molecule has 1 aromatic heterocycles. The van der Waals surface area contributed by atoms with Crippen LogP contribution in [0.3, 0.4) is 0 Å². The highest BCUT2D eigenvalue weighted by molar-refractivity contribution is 5.75. The standard InChI is InChI=1S/C12H9NO.C3H3NO2/c1-3-7-11-9(5-1)13-10-6-2-4-8-12(10)14-11;5-3-4-1-2-6-3/h1-8,13H;1-2H,(H,4,5). The van der Waals surface area contributed by atoms with Crippen molar-refractivity contribution in [2.75, 3.05) is 5.32 Å². The van der Waals surface area contributed by atoms with Gasteiger partial charge in [0.05, 0.1) is 11.4 Å². The van der Waals surface area contributed by atoms with Gasteiger partial charge in [0.1, 0.15) is 6.26 Å². The van der Waals surface area contributed by atoms with Gasteiger partial charge >= 0.3 is 5.76 Å². The number of H-pyrrole nitrogens is 1. The van der Waals surface area contributed by atoms with Crippen molar-refractivity contribution in [1.29, 1.82) is 0 Å². The lowest BCUT2D eigenvalue weighted by Crippen LogP contribution is -2.01. The molecule has 0 amide bonds. The molecule has 4 rings (SSSR count). The summed E-state index contributed by atoms with van der Waals surface area (Å²) in [6.45, 7) is 0. The molecule has 5 heteroatoms. The number of ether oxygens (including phenoxy) is 1. The predicted molar refractivity (Wildman–Crippen MR) is 75.6 cm³/mol. The first-order valence-electron chi connectivity index (χ1n) is 6.08. The summed E-state index contributed by atoms with van der Waals surface area (Å²) < 4.78 is 9.94. The fraction of sp³-hybridized carbons (Fsp3) is 0. The number of rotatable bonds is 0. The molecule has 0 saturated heterocycles. The van der Waals surface area contributed by atoms with Crippen LogP contribution in [0.2, 0.25) is 0 Å². The van der Waals surface area contributed by atoms with Gasteiger partial charge in [-0.2, -0.15) is 0 Å². The summed E-state index contributed by atoms with van der Waals surface area (Å²) >= 11 is 0. The summed E-state index contributed by atoms with van der Waals surface area (Å²) in [5, 5.41) is 3.32. The Bertz CT molecular complexity index is 657. The molecule has 0 spiro atoms. The van der Waals surface area contributed by atoms with E-state index < -0.39 is 5.76 Å². The molecular formula is C15H12N2O3. The van der Waals surface area contributed by atoms with Crippen LogP contribution < -0.4 is 15.8 Å². The molecule has 0 atom stereocenters. The maximum absolute atomic E-state index is 9.85. The van der Waals surface area contributed by atoms with E-state index in [0.29, 0.717) is 0 Å². The molecule has 0 unspecified atom stereocenters. The highest BCUT2D eigenvalue weighted by atomic mass is 16.5. The van der Waals surface area contributed by atoms with Gasteiger partial charge in [0.15, 0.2) is 11.5 Å². The van der Waals surface area contributed by atoms with E-state index in [0.717, 1.165) is 22.9 Å². The Morgan fingerprint density at radius 1 is 0.850 bits per heavy atom. The van der Waals surface area contributed by atoms with Crippen molar-refractivity contribution >= 4 is 11.4 Å². The van der Waals surface area contributed by atoms with Crippen molar-refractivity contribution in [2.45, 2.75) is 0 Å². The van der Waals surface area contributed by atoms with Crippen molar-refractivity contribution in [3.63, 3.8) is 0 Å². The zero-order valence-electron chi connectivity index (χ0n) is 10.5. The maximum atomic E-state index is 9.85. The van der Waals surface area contributed by atoms with Crippen LogP contribution in [0.5, 0.6) is 11.5 Å². The average molecular weight is 268 g/mol. The van der Waals surface area contributed by atoms with Crippen molar-refractivity contribution < 1.29 is 9.15 Å². The Balaban J connectivity index is 0.000000170. The number of aromatic nitrogens is 1. The topological polar surface area (TPSA) is 67.3 Å². The normalized spacial score (nSPS) is 11.0. The van der Waals surface area contributed by atoms with E-state index in [9.17, 15) is 4.79 Å². The molecular weight excluding hydrogens is 256 g/mol. The molecule has 100 valence electrons. The fourth-order valence-electron chi connectivity index (χ4n) is 1.81. The number of para-hydroxylation sites is 4. The second kappa shape index (κ2) is 5.36. The van der Waals surface area contributed by atoms with E-state index in [2.05, 4.69) is 14.7 Å². The highest BCUT2D eigenvalue weighted by Gasteiger charge is 2.13. The third-order valence-electron chi connectivity index (χ3n) is 2.71. The Labute approximate surface area is 114 Å². The van der Waals surface area contributed by atoms with Crippen molar-refractivity contribution in [2.24, 2.45) is 0 Å². The number of hydrogen-bond acceptors (Lipinski definition) is 4. The smallest absolute Gasteiger partial charge is 0.416 e. The third kappa shape index (κ3) is 2.56. The number of fused-ring (bicyclic) bond motifs is 2. The Morgan fingerprint density at radius 3 is 1.90 bits per heavy atom. The van der Waals surface area contributed by atoms with Crippen LogP contribution in [-0.2, 0) is 0 Å². The third-order valence-corrected chi connectivity index (χ3v) is 2.71. The van der Waals surface area contributed by atoms with Gasteiger partial charge in [0, 0.05) is 6.20 Å². The van der Waals surface area contributed by atoms with E-state index >= 15 is 0 Å². The SMILES string of the molecule is O=c1[nH]cco1.c1ccc2c(c1)Nc1ccccc1O2. The van der Waals surface area contributed by atoms with Crippen LogP contribution in [0.1, 0.15) is 0 Å². The van der Waals surface area contributed by atoms with E-state index in [4.69, 9.17) is 4.74 Å². The molecule has 0 fully saturated rings. The monoisotopic (exact) mass is 268 g/mol. The maximum Gasteiger partial charge on any atom is 0.416 e. The van der Waals surface area contributed by atoms with Crippen molar-refractivity contribution in [3.05, 3.63) is 71.5 Å². The lowest BCUT2D eigenvalue weighted by molar-refractivity contribution is 0.481. The first kappa shape index (κ1) is 12.1. The minimum Gasteiger partial charge on any atom is -0.453 e. The molecule has 1 aliphatic rings. The van der Waals surface area contributed by atoms with Crippen LogP contribution >= 0.6 is 0 Å². The second-order valence-corrected chi connectivity index (χ2v) is 4.07. The summed E-state index contributed by atoms with van der Waals surface area (Å²) in [5.74, 6) is 1.35. The number of nitrogens with one attached hydrogen (secondary N) is 2. The summed E-state index contributed by atoms with van der Waals surface area (Å²) in [6.07, 6.45) is 2.73. The van der Waals surface area contributed by atoms with Gasteiger partial charge in [-0.15, -0.1) is 0 Å². The molecule has 5 nitrogen and oxygen atoms in total. The number of benzene rings is 2. The van der Waals surface area contributed by atoms with Crippen LogP contribution in [0, 0.1) is 0 Å². The van der Waals surface area contributed by atoms with Gasteiger partial charge in [-0.1, -0.05) is 24.3 Å². The zero-order valence-corrected chi connectivity index (χ0v) is 10.5. The molecule has 1 aliphatic heterocycles. The van der Waals surface area contributed by atoms with E-state index in [-0.39, 0.29) is 0 Å². The average Bonchev–Trinajstić information content (AvgIpc) is 2.97. The van der Waals surface area contributed by atoms with Crippen LogP contribution in [0.15, 0.2) is 70.2 Å². The van der Waals surface area contributed by atoms with E-state index in [1.54, 1.807) is 0 Å². The molecule has 2 heterocycles. The molecule has 2 aromatic carbocycles. The summed E-state index contributed by atoms with van der Waals surface area (Å²) in [4.78, 5) is 12.1. The number of aromatic amines is 1. The van der Waals surface area contributed by atoms with Gasteiger partial charge in [-0.05, 0) is 24.3 Å². The summed E-state index contributed by atoms with van der Waals surface area (Å²) in [6, 6.07) is 15.8. The van der Waals surface area contributed by atoms with E-state index in [1.807, 2.05) is 48.5 Å². The van der Waals surface area contributed by atoms with Crippen LogP contribution in [0.4, 0.5) is 11.4 Å². The first-order valence-corrected chi connectivity index (χ1v) is 6.08. The highest BCUT2D eigenvalue weighted by Crippen LogP contribution is 2.40. The molecule has 2 N–H and O–H groups in total. The van der Waals surface area contributed by atoms with Crippen LogP contribution in [-0.4, -0.2) is 4.98 Å². The minimum absolute atomic E-state index is 0.407. The predicted octanol–water partition coefficient (Wildman–Crippen LogP) is 3.50. The van der Waals surface area contributed by atoms with E-state index in [1.165, 1.54) is 12.5 Å². The first-order chi connectivity index (χ1) is 9.83. The van der Waals surface area contributed by atoms with Gasteiger partial charge in [-0.3, -0.25) is 4.98 Å². The van der Waals surface area contributed by atoms with Crippen molar-refractivity contribution in [1.82, 2.24) is 4.98 Å². The summed E-state index contributed by atoms with van der Waals surface area (Å²) in [5.41, 5.74) is 2.04. The fourth-order valence-corrected chi connectivity index (χ4v) is 1.81. The Hall–Kier alpha value is -2.95. The molecule has 0 saturated carbocycles. The number of anilines is 2. The lowest BCUT2D eigenvalue weighted by Gasteiger charge is -2.20. The van der Waals surface area contributed by atoms with Crippen LogP contribution in [0.25, 0.3) is 0 Å². The van der Waals surface area contributed by atoms with Crippen molar-refractivity contribution in [3.8, 4) is 11.5 Å². The molecule has 3 aromatic rings. The zero-order chi connectivity index (χ0) is 13.8. The van der Waals surface area contributed by atoms with Gasteiger partial charge < -0.3 is 14.5 Å².